The number of amides is 1. The molecule has 144 valence electrons. The van der Waals surface area contributed by atoms with Crippen molar-refractivity contribution >= 4 is 21.6 Å². The summed E-state index contributed by atoms with van der Waals surface area (Å²) in [5, 5.41) is 4.96. The highest BCUT2D eigenvalue weighted by Gasteiger charge is 2.26. The Morgan fingerprint density at radius 3 is 2.42 bits per heavy atom. The van der Waals surface area contributed by atoms with Crippen LogP contribution >= 0.6 is 0 Å². The van der Waals surface area contributed by atoms with Crippen LogP contribution in [0.15, 0.2) is 29.2 Å². The van der Waals surface area contributed by atoms with Gasteiger partial charge in [-0.3, -0.25) is 4.79 Å². The first-order valence-electron chi connectivity index (χ1n) is 9.37. The Bertz CT molecular complexity index is 694. The third kappa shape index (κ3) is 5.03. The average molecular weight is 383 g/mol. The van der Waals surface area contributed by atoms with E-state index in [1.807, 2.05) is 0 Å². The number of anilines is 1. The van der Waals surface area contributed by atoms with Crippen molar-refractivity contribution in [2.45, 2.75) is 43.0 Å². The number of carbonyl (C=O) groups is 1. The Labute approximate surface area is 155 Å². The fourth-order valence-electron chi connectivity index (χ4n) is 3.50. The Hall–Kier alpha value is -1.48. The van der Waals surface area contributed by atoms with Crippen LogP contribution in [0.3, 0.4) is 0 Å². The summed E-state index contributed by atoms with van der Waals surface area (Å²) in [5.74, 6) is -0.0561. The molecule has 0 spiro atoms. The van der Waals surface area contributed by atoms with Crippen molar-refractivity contribution in [1.82, 2.24) is 4.31 Å². The van der Waals surface area contributed by atoms with Crippen molar-refractivity contribution in [3.8, 4) is 0 Å². The van der Waals surface area contributed by atoms with Crippen LogP contribution in [-0.4, -0.2) is 57.5 Å². The van der Waals surface area contributed by atoms with Crippen LogP contribution in [0.25, 0.3) is 0 Å². The number of ether oxygens (including phenoxy) is 1. The second-order valence-corrected chi connectivity index (χ2v) is 8.86. The molecule has 0 aromatic heterocycles. The number of hydrogen-bond acceptors (Lipinski definition) is 4. The number of hydrogen-bond donors (Lipinski definition) is 2. The molecule has 3 rings (SSSR count). The highest BCUT2D eigenvalue weighted by molar-refractivity contribution is 7.89. The van der Waals surface area contributed by atoms with Crippen LogP contribution in [0.1, 0.15) is 32.1 Å². The largest absolute Gasteiger partial charge is 0.379 e. The SMILES string of the molecule is O=C(C[NH2+]C1CCCCC1)Nc1ccc(S(=O)(=O)N2CCOCC2)cc1. The van der Waals surface area contributed by atoms with Gasteiger partial charge >= 0.3 is 0 Å². The fourth-order valence-corrected chi connectivity index (χ4v) is 4.91. The Morgan fingerprint density at radius 2 is 1.77 bits per heavy atom. The molecule has 0 radical (unpaired) electrons. The van der Waals surface area contributed by atoms with Crippen LogP contribution in [0.5, 0.6) is 0 Å². The number of nitrogens with zero attached hydrogens (tertiary/aromatic N) is 1. The predicted molar refractivity (Wildman–Crippen MR) is 98.3 cm³/mol. The molecule has 1 saturated carbocycles. The molecule has 3 N–H and O–H groups in total. The molecule has 1 amide bonds. The van der Waals surface area contributed by atoms with Gasteiger partial charge in [0.05, 0.1) is 24.2 Å². The van der Waals surface area contributed by atoms with Gasteiger partial charge in [-0.25, -0.2) is 8.42 Å². The second-order valence-electron chi connectivity index (χ2n) is 6.93. The molecule has 1 aliphatic heterocycles. The molecule has 0 atom stereocenters. The Kier molecular flexibility index (Phi) is 6.63. The summed E-state index contributed by atoms with van der Waals surface area (Å²) in [5.41, 5.74) is 0.618. The van der Waals surface area contributed by atoms with E-state index < -0.39 is 10.0 Å². The summed E-state index contributed by atoms with van der Waals surface area (Å²) in [6, 6.07) is 6.93. The zero-order valence-corrected chi connectivity index (χ0v) is 15.8. The van der Waals surface area contributed by atoms with E-state index in [1.165, 1.54) is 36.4 Å². The van der Waals surface area contributed by atoms with Gasteiger partial charge in [-0.1, -0.05) is 6.42 Å². The minimum absolute atomic E-state index is 0.0561. The third-order valence-corrected chi connectivity index (χ3v) is 6.95. The molecule has 1 heterocycles. The number of quaternary nitrogens is 1. The van der Waals surface area contributed by atoms with Crippen LogP contribution in [0, 0.1) is 0 Å². The first-order valence-corrected chi connectivity index (χ1v) is 10.8. The first-order chi connectivity index (χ1) is 12.6. The van der Waals surface area contributed by atoms with Gasteiger partial charge in [0.2, 0.25) is 10.0 Å². The smallest absolute Gasteiger partial charge is 0.279 e. The van der Waals surface area contributed by atoms with E-state index in [-0.39, 0.29) is 10.8 Å². The van der Waals surface area contributed by atoms with Crippen molar-refractivity contribution in [1.29, 1.82) is 0 Å². The molecule has 0 unspecified atom stereocenters. The number of nitrogens with two attached hydrogens (primary N) is 1. The third-order valence-electron chi connectivity index (χ3n) is 5.03. The summed E-state index contributed by atoms with van der Waals surface area (Å²) in [6.45, 7) is 1.99. The summed E-state index contributed by atoms with van der Waals surface area (Å²) in [7, 11) is -3.50. The number of carbonyl (C=O) groups excluding carboxylic acids is 1. The minimum Gasteiger partial charge on any atom is -0.379 e. The zero-order chi connectivity index (χ0) is 18.4. The van der Waals surface area contributed by atoms with E-state index in [2.05, 4.69) is 10.6 Å². The van der Waals surface area contributed by atoms with E-state index in [0.717, 1.165) is 0 Å². The quantitative estimate of drug-likeness (QED) is 0.751. The van der Waals surface area contributed by atoms with E-state index >= 15 is 0 Å². The topological polar surface area (TPSA) is 92.3 Å². The predicted octanol–water partition coefficient (Wildman–Crippen LogP) is 0.542. The Morgan fingerprint density at radius 1 is 1.12 bits per heavy atom. The number of benzene rings is 1. The minimum atomic E-state index is -3.50. The van der Waals surface area contributed by atoms with Gasteiger partial charge in [-0.2, -0.15) is 4.31 Å². The van der Waals surface area contributed by atoms with E-state index in [9.17, 15) is 13.2 Å². The first kappa shape index (κ1) is 19.3. The van der Waals surface area contributed by atoms with Crippen molar-refractivity contribution in [2.24, 2.45) is 0 Å². The molecule has 1 aliphatic carbocycles. The molecule has 7 nitrogen and oxygen atoms in total. The zero-order valence-electron chi connectivity index (χ0n) is 15.0. The van der Waals surface area contributed by atoms with E-state index in [0.29, 0.717) is 44.6 Å². The van der Waals surface area contributed by atoms with Crippen molar-refractivity contribution in [2.75, 3.05) is 38.2 Å². The van der Waals surface area contributed by atoms with Crippen LogP contribution in [0.4, 0.5) is 5.69 Å². The maximum Gasteiger partial charge on any atom is 0.279 e. The summed E-state index contributed by atoms with van der Waals surface area (Å²) >= 11 is 0. The van der Waals surface area contributed by atoms with Crippen molar-refractivity contribution in [3.05, 3.63) is 24.3 Å². The lowest BCUT2D eigenvalue weighted by atomic mass is 9.95. The molecule has 26 heavy (non-hydrogen) atoms. The van der Waals surface area contributed by atoms with Crippen LogP contribution < -0.4 is 10.6 Å². The number of rotatable bonds is 6. The van der Waals surface area contributed by atoms with Gasteiger partial charge in [0.15, 0.2) is 6.54 Å². The van der Waals surface area contributed by atoms with Gasteiger partial charge in [-0.05, 0) is 49.9 Å². The molecular formula is C18H28N3O4S+. The lowest BCUT2D eigenvalue weighted by Crippen LogP contribution is -2.91. The molecule has 8 heteroatoms. The van der Waals surface area contributed by atoms with E-state index in [4.69, 9.17) is 4.74 Å². The van der Waals surface area contributed by atoms with Crippen molar-refractivity contribution < 1.29 is 23.3 Å². The molecule has 2 fully saturated rings. The number of morpholine rings is 1. The molecule has 1 aromatic rings. The lowest BCUT2D eigenvalue weighted by molar-refractivity contribution is -0.681. The van der Waals surface area contributed by atoms with Crippen molar-refractivity contribution in [3.63, 3.8) is 0 Å². The molecule has 1 aromatic carbocycles. The second kappa shape index (κ2) is 8.94. The highest BCUT2D eigenvalue weighted by Crippen LogP contribution is 2.19. The van der Waals surface area contributed by atoms with E-state index in [1.54, 1.807) is 24.3 Å². The summed E-state index contributed by atoms with van der Waals surface area (Å²) in [4.78, 5) is 12.3. The van der Waals surface area contributed by atoms with Gasteiger partial charge in [0.1, 0.15) is 0 Å². The summed E-state index contributed by atoms with van der Waals surface area (Å²) < 4.78 is 31.8. The molecule has 0 bridgehead atoms. The van der Waals surface area contributed by atoms with Gasteiger partial charge < -0.3 is 15.4 Å². The number of sulfonamides is 1. The Balaban J connectivity index is 1.52. The van der Waals surface area contributed by atoms with Crippen LogP contribution in [0.2, 0.25) is 0 Å². The molecule has 1 saturated heterocycles. The maximum absolute atomic E-state index is 12.6. The lowest BCUT2D eigenvalue weighted by Gasteiger charge is -2.26. The fraction of sp³-hybridized carbons (Fsp3) is 0.611. The monoisotopic (exact) mass is 382 g/mol. The highest BCUT2D eigenvalue weighted by atomic mass is 32.2. The maximum atomic E-state index is 12.6. The molecular weight excluding hydrogens is 354 g/mol. The van der Waals surface area contributed by atoms with Gasteiger partial charge in [-0.15, -0.1) is 0 Å². The van der Waals surface area contributed by atoms with Crippen LogP contribution in [-0.2, 0) is 19.6 Å². The normalized spacial score (nSPS) is 20.0. The van der Waals surface area contributed by atoms with Gasteiger partial charge in [0, 0.05) is 18.8 Å². The van der Waals surface area contributed by atoms with Gasteiger partial charge in [0.25, 0.3) is 5.91 Å². The molecule has 2 aliphatic rings. The standard InChI is InChI=1S/C18H27N3O4S/c22-18(14-19-15-4-2-1-3-5-15)20-16-6-8-17(9-7-16)26(23,24)21-10-12-25-13-11-21/h6-9,15,19H,1-5,10-14H2,(H,20,22)/p+1. The number of nitrogens with one attached hydrogen (secondary N) is 1. The summed E-state index contributed by atoms with van der Waals surface area (Å²) in [6.07, 6.45) is 6.17. The average Bonchev–Trinajstić information content (AvgIpc) is 2.68.